The molecule has 0 nitrogen and oxygen atoms in total. The van der Waals surface area contributed by atoms with Crippen LogP contribution in [0.1, 0.15) is 0 Å². The standard InChI is InChI=1S/C2H3F3S/c3-1-2(4,5)6/h6H,1H2. The van der Waals surface area contributed by atoms with E-state index in [1.807, 2.05) is 0 Å². The molecule has 0 heterocycles. The fourth-order valence-electron chi connectivity index (χ4n) is 0. The van der Waals surface area contributed by atoms with Gasteiger partial charge >= 0.3 is 5.25 Å². The Morgan fingerprint density at radius 2 is 1.67 bits per heavy atom. The van der Waals surface area contributed by atoms with Crippen molar-refractivity contribution in [2.45, 2.75) is 5.25 Å². The van der Waals surface area contributed by atoms with Crippen molar-refractivity contribution in [1.29, 1.82) is 0 Å². The van der Waals surface area contributed by atoms with E-state index in [0.29, 0.717) is 0 Å². The number of hydrogen-bond acceptors (Lipinski definition) is 1. The van der Waals surface area contributed by atoms with Crippen molar-refractivity contribution in [2.75, 3.05) is 6.67 Å². The maximum atomic E-state index is 10.9. The minimum absolute atomic E-state index is 1.70. The first-order valence-corrected chi connectivity index (χ1v) is 1.67. The molecule has 0 bridgehead atoms. The van der Waals surface area contributed by atoms with Crippen LogP contribution in [0.3, 0.4) is 0 Å². The SMILES string of the molecule is FCC(F)(F)S. The lowest BCUT2D eigenvalue weighted by molar-refractivity contribution is 0.0766. The van der Waals surface area contributed by atoms with Gasteiger partial charge in [0, 0.05) is 0 Å². The largest absolute Gasteiger partial charge is 0.318 e. The third-order valence-electron chi connectivity index (χ3n) is 0.161. The van der Waals surface area contributed by atoms with E-state index in [-0.39, 0.29) is 0 Å². The molecule has 6 heavy (non-hydrogen) atoms. The van der Waals surface area contributed by atoms with Crippen LogP contribution in [0.15, 0.2) is 0 Å². The Balaban J connectivity index is 3.17. The van der Waals surface area contributed by atoms with E-state index in [0.717, 1.165) is 0 Å². The monoisotopic (exact) mass is 116 g/mol. The Labute approximate surface area is 38.8 Å². The molecule has 0 aromatic heterocycles. The average molecular weight is 116 g/mol. The van der Waals surface area contributed by atoms with Gasteiger partial charge in [0.25, 0.3) is 0 Å². The normalized spacial score (nSPS) is 12.0. The van der Waals surface area contributed by atoms with E-state index < -0.39 is 11.9 Å². The molecule has 0 aliphatic heterocycles. The molecule has 0 aromatic carbocycles. The van der Waals surface area contributed by atoms with Gasteiger partial charge in [-0.05, 0) is 0 Å². The summed E-state index contributed by atoms with van der Waals surface area (Å²) in [6.45, 7) is -1.70. The number of rotatable bonds is 1. The summed E-state index contributed by atoms with van der Waals surface area (Å²) in [6.07, 6.45) is 0. The molecular formula is C2H3F3S. The molecule has 0 saturated carbocycles. The Morgan fingerprint density at radius 1 is 1.50 bits per heavy atom. The minimum Gasteiger partial charge on any atom is -0.243 e. The van der Waals surface area contributed by atoms with Gasteiger partial charge in [-0.1, -0.05) is 0 Å². The molecule has 0 N–H and O–H groups in total. The zero-order chi connectivity index (χ0) is 5.21. The van der Waals surface area contributed by atoms with E-state index >= 15 is 0 Å². The van der Waals surface area contributed by atoms with Gasteiger partial charge in [0.05, 0.1) is 0 Å². The van der Waals surface area contributed by atoms with Gasteiger partial charge in [0.1, 0.15) is 0 Å². The molecule has 0 amide bonds. The summed E-state index contributed by atoms with van der Waals surface area (Å²) in [6, 6.07) is 0. The molecule has 0 rings (SSSR count). The number of alkyl halides is 3. The number of halogens is 3. The van der Waals surface area contributed by atoms with Crippen LogP contribution in [0.4, 0.5) is 13.2 Å². The second-order valence-corrected chi connectivity index (χ2v) is 1.45. The number of hydrogen-bond donors (Lipinski definition) is 1. The number of thiol groups is 1. The lowest BCUT2D eigenvalue weighted by Crippen LogP contribution is -2.06. The maximum absolute atomic E-state index is 10.9. The van der Waals surface area contributed by atoms with Gasteiger partial charge in [-0.25, -0.2) is 4.39 Å². The van der Waals surface area contributed by atoms with Gasteiger partial charge < -0.3 is 0 Å². The zero-order valence-corrected chi connectivity index (χ0v) is 3.68. The highest BCUT2D eigenvalue weighted by molar-refractivity contribution is 7.81. The zero-order valence-electron chi connectivity index (χ0n) is 2.79. The third kappa shape index (κ3) is 4.14. The van der Waals surface area contributed by atoms with Crippen molar-refractivity contribution in [1.82, 2.24) is 0 Å². The van der Waals surface area contributed by atoms with Crippen LogP contribution in [0.2, 0.25) is 0 Å². The van der Waals surface area contributed by atoms with Gasteiger partial charge in [0.2, 0.25) is 0 Å². The highest BCUT2D eigenvalue weighted by Gasteiger charge is 2.20. The van der Waals surface area contributed by atoms with Crippen LogP contribution in [0.25, 0.3) is 0 Å². The molecule has 4 heteroatoms. The topological polar surface area (TPSA) is 0 Å². The second kappa shape index (κ2) is 1.73. The van der Waals surface area contributed by atoms with Crippen molar-refractivity contribution in [3.05, 3.63) is 0 Å². The van der Waals surface area contributed by atoms with Gasteiger partial charge in [-0.15, -0.1) is 12.6 Å². The van der Waals surface area contributed by atoms with E-state index in [9.17, 15) is 13.2 Å². The van der Waals surface area contributed by atoms with Crippen LogP contribution in [0.5, 0.6) is 0 Å². The molecule has 0 aromatic rings. The first-order chi connectivity index (χ1) is 2.56. The predicted octanol–water partition coefficient (Wildman–Crippen LogP) is 1.48. The Morgan fingerprint density at radius 3 is 1.67 bits per heavy atom. The summed E-state index contributed by atoms with van der Waals surface area (Å²) < 4.78 is 32.6. The van der Waals surface area contributed by atoms with E-state index in [2.05, 4.69) is 12.6 Å². The van der Waals surface area contributed by atoms with Crippen LogP contribution >= 0.6 is 12.6 Å². The molecule has 0 spiro atoms. The fourth-order valence-corrected chi connectivity index (χ4v) is 0. The molecule has 0 unspecified atom stereocenters. The smallest absolute Gasteiger partial charge is 0.243 e. The maximum Gasteiger partial charge on any atom is 0.318 e. The Kier molecular flexibility index (Phi) is 1.77. The quantitative estimate of drug-likeness (QED) is 0.493. The summed E-state index contributed by atoms with van der Waals surface area (Å²) in [5.74, 6) is 0. The van der Waals surface area contributed by atoms with E-state index in [1.54, 1.807) is 0 Å². The molecule has 0 aliphatic rings. The summed E-state index contributed by atoms with van der Waals surface area (Å²) in [7, 11) is 0. The van der Waals surface area contributed by atoms with Crippen molar-refractivity contribution >= 4 is 12.6 Å². The lowest BCUT2D eigenvalue weighted by Gasteiger charge is -1.97. The summed E-state index contributed by atoms with van der Waals surface area (Å²) in [5.41, 5.74) is 0. The van der Waals surface area contributed by atoms with Gasteiger partial charge in [0.15, 0.2) is 6.67 Å². The molecule has 0 aliphatic carbocycles. The lowest BCUT2D eigenvalue weighted by atomic mass is 10.8. The Bertz CT molecular complexity index is 38.5. The van der Waals surface area contributed by atoms with Crippen molar-refractivity contribution in [3.63, 3.8) is 0 Å². The van der Waals surface area contributed by atoms with Gasteiger partial charge in [-0.3, -0.25) is 0 Å². The molecular weight excluding hydrogens is 113 g/mol. The van der Waals surface area contributed by atoms with E-state index in [4.69, 9.17) is 0 Å². The molecule has 0 atom stereocenters. The predicted molar refractivity (Wildman–Crippen MR) is 19.9 cm³/mol. The van der Waals surface area contributed by atoms with Crippen LogP contribution < -0.4 is 0 Å². The highest BCUT2D eigenvalue weighted by Crippen LogP contribution is 2.16. The van der Waals surface area contributed by atoms with Crippen molar-refractivity contribution in [3.8, 4) is 0 Å². The van der Waals surface area contributed by atoms with Crippen LogP contribution in [0, 0.1) is 0 Å². The van der Waals surface area contributed by atoms with Crippen LogP contribution in [-0.2, 0) is 0 Å². The van der Waals surface area contributed by atoms with E-state index in [1.165, 1.54) is 0 Å². The average Bonchev–Trinajstić information content (AvgIpc) is 1.35. The van der Waals surface area contributed by atoms with Crippen LogP contribution in [-0.4, -0.2) is 11.9 Å². The first-order valence-electron chi connectivity index (χ1n) is 1.22. The van der Waals surface area contributed by atoms with Crippen molar-refractivity contribution < 1.29 is 13.2 Å². The molecule has 38 valence electrons. The summed E-state index contributed by atoms with van der Waals surface area (Å²) in [4.78, 5) is 0. The molecule has 0 saturated heterocycles. The highest BCUT2D eigenvalue weighted by atomic mass is 32.1. The Hall–Kier alpha value is 0.140. The molecule has 0 radical (unpaired) electrons. The first kappa shape index (κ1) is 6.14. The summed E-state index contributed by atoms with van der Waals surface area (Å²) >= 11 is 2.55. The second-order valence-electron chi connectivity index (χ2n) is 0.799. The molecule has 0 fully saturated rings. The van der Waals surface area contributed by atoms with Crippen molar-refractivity contribution in [2.24, 2.45) is 0 Å². The summed E-state index contributed by atoms with van der Waals surface area (Å²) in [5, 5.41) is -3.43. The minimum atomic E-state index is -3.43. The fraction of sp³-hybridized carbons (Fsp3) is 1.00. The van der Waals surface area contributed by atoms with Gasteiger partial charge in [-0.2, -0.15) is 8.78 Å². The third-order valence-corrected chi connectivity index (χ3v) is 0.280.